The van der Waals surface area contributed by atoms with Gasteiger partial charge in [-0.3, -0.25) is 4.79 Å². The summed E-state index contributed by atoms with van der Waals surface area (Å²) in [6.45, 7) is 1.19. The van der Waals surface area contributed by atoms with Crippen LogP contribution < -0.4 is 14.8 Å². The van der Waals surface area contributed by atoms with E-state index in [9.17, 15) is 26.4 Å². The molecule has 0 unspecified atom stereocenters. The Kier molecular flexibility index (Phi) is 5.85. The van der Waals surface area contributed by atoms with Gasteiger partial charge >= 0.3 is 6.18 Å². The highest BCUT2D eigenvalue weighted by atomic mass is 32.2. The Morgan fingerprint density at radius 1 is 1.17 bits per heavy atom. The first-order chi connectivity index (χ1) is 13.5. The number of halogens is 3. The molecule has 29 heavy (non-hydrogen) atoms. The van der Waals surface area contributed by atoms with E-state index in [0.717, 1.165) is 25.0 Å². The number of carbonyl (C=O) groups is 1. The van der Waals surface area contributed by atoms with E-state index in [1.54, 1.807) is 6.92 Å². The van der Waals surface area contributed by atoms with Crippen LogP contribution in [-0.2, 0) is 21.0 Å². The SMILES string of the molecule is Cc1cc(S(=O)(=O)NC2CC2)ccc1OCC(=O)Nc1cccc(C(F)(F)F)c1. The quantitative estimate of drug-likeness (QED) is 0.707. The van der Waals surface area contributed by atoms with Crippen molar-refractivity contribution < 1.29 is 31.1 Å². The average Bonchev–Trinajstić information content (AvgIpc) is 3.43. The number of rotatable bonds is 7. The van der Waals surface area contributed by atoms with E-state index in [4.69, 9.17) is 4.74 Å². The maximum atomic E-state index is 12.7. The zero-order valence-corrected chi connectivity index (χ0v) is 16.2. The zero-order chi connectivity index (χ0) is 21.2. The van der Waals surface area contributed by atoms with Gasteiger partial charge in [0, 0.05) is 11.7 Å². The van der Waals surface area contributed by atoms with Crippen molar-refractivity contribution in [2.24, 2.45) is 0 Å². The molecular formula is C19H19F3N2O4S. The number of nitrogens with one attached hydrogen (secondary N) is 2. The Morgan fingerprint density at radius 3 is 2.52 bits per heavy atom. The molecule has 0 bridgehead atoms. The lowest BCUT2D eigenvalue weighted by Crippen LogP contribution is -2.25. The Labute approximate surface area is 166 Å². The van der Waals surface area contributed by atoms with Gasteiger partial charge < -0.3 is 10.1 Å². The second kappa shape index (κ2) is 8.03. The Hall–Kier alpha value is -2.59. The molecule has 3 rings (SSSR count). The van der Waals surface area contributed by atoms with Crippen LogP contribution in [0.15, 0.2) is 47.4 Å². The van der Waals surface area contributed by atoms with E-state index >= 15 is 0 Å². The zero-order valence-electron chi connectivity index (χ0n) is 15.4. The van der Waals surface area contributed by atoms with Crippen molar-refractivity contribution in [2.75, 3.05) is 11.9 Å². The molecular weight excluding hydrogens is 409 g/mol. The largest absolute Gasteiger partial charge is 0.483 e. The first-order valence-corrected chi connectivity index (χ1v) is 10.3. The van der Waals surface area contributed by atoms with E-state index in [2.05, 4.69) is 10.0 Å². The summed E-state index contributed by atoms with van der Waals surface area (Å²) < 4.78 is 70.6. The Balaban J connectivity index is 1.60. The fourth-order valence-corrected chi connectivity index (χ4v) is 3.94. The van der Waals surface area contributed by atoms with E-state index in [1.165, 1.54) is 30.3 Å². The van der Waals surface area contributed by atoms with Gasteiger partial charge in [-0.1, -0.05) is 6.07 Å². The highest BCUT2D eigenvalue weighted by molar-refractivity contribution is 7.89. The second-order valence-corrected chi connectivity index (χ2v) is 8.45. The molecule has 156 valence electrons. The Morgan fingerprint density at radius 2 is 1.90 bits per heavy atom. The lowest BCUT2D eigenvalue weighted by Gasteiger charge is -2.12. The number of anilines is 1. The van der Waals surface area contributed by atoms with Crippen LogP contribution in [0.1, 0.15) is 24.0 Å². The number of carbonyl (C=O) groups excluding carboxylic acids is 1. The van der Waals surface area contributed by atoms with E-state index < -0.39 is 34.3 Å². The summed E-state index contributed by atoms with van der Waals surface area (Å²) in [5, 5.41) is 2.34. The van der Waals surface area contributed by atoms with Crippen LogP contribution in [0.25, 0.3) is 0 Å². The lowest BCUT2D eigenvalue weighted by molar-refractivity contribution is -0.137. The summed E-state index contributed by atoms with van der Waals surface area (Å²) in [6.07, 6.45) is -2.87. The molecule has 1 fully saturated rings. The van der Waals surface area contributed by atoms with Gasteiger partial charge in [0.25, 0.3) is 5.91 Å². The molecule has 0 radical (unpaired) electrons. The van der Waals surface area contributed by atoms with Crippen LogP contribution in [0.2, 0.25) is 0 Å². The Bertz CT molecular complexity index is 1020. The number of alkyl halides is 3. The molecule has 0 atom stereocenters. The fourth-order valence-electron chi connectivity index (χ4n) is 2.55. The average molecular weight is 428 g/mol. The van der Waals surface area contributed by atoms with Crippen LogP contribution in [0.5, 0.6) is 5.75 Å². The summed E-state index contributed by atoms with van der Waals surface area (Å²) in [7, 11) is -3.60. The smallest absolute Gasteiger partial charge is 0.416 e. The molecule has 0 aromatic heterocycles. The van der Waals surface area contributed by atoms with Crippen molar-refractivity contribution >= 4 is 21.6 Å². The summed E-state index contributed by atoms with van der Waals surface area (Å²) in [5.41, 5.74) is -0.364. The number of ether oxygens (including phenoxy) is 1. The first-order valence-electron chi connectivity index (χ1n) is 8.77. The molecule has 0 saturated heterocycles. The third-order valence-electron chi connectivity index (χ3n) is 4.19. The van der Waals surface area contributed by atoms with Crippen LogP contribution >= 0.6 is 0 Å². The number of benzene rings is 2. The number of sulfonamides is 1. The van der Waals surface area contributed by atoms with Gasteiger partial charge in [0.2, 0.25) is 10.0 Å². The van der Waals surface area contributed by atoms with Crippen molar-refractivity contribution in [2.45, 2.75) is 36.9 Å². The van der Waals surface area contributed by atoms with Crippen LogP contribution in [0, 0.1) is 6.92 Å². The first kappa shape index (κ1) is 21.1. The number of hydrogen-bond donors (Lipinski definition) is 2. The fraction of sp³-hybridized carbons (Fsp3) is 0.316. The molecule has 1 aliphatic rings. The molecule has 1 amide bonds. The van der Waals surface area contributed by atoms with Crippen molar-refractivity contribution in [3.8, 4) is 5.75 Å². The molecule has 0 heterocycles. The van der Waals surface area contributed by atoms with Gasteiger partial charge in [0.05, 0.1) is 10.5 Å². The maximum absolute atomic E-state index is 12.7. The van der Waals surface area contributed by atoms with E-state index in [-0.39, 0.29) is 16.6 Å². The van der Waals surface area contributed by atoms with Gasteiger partial charge in [-0.15, -0.1) is 0 Å². The minimum Gasteiger partial charge on any atom is -0.483 e. The third kappa shape index (κ3) is 5.70. The maximum Gasteiger partial charge on any atom is 0.416 e. The topological polar surface area (TPSA) is 84.5 Å². The summed E-state index contributed by atoms with van der Waals surface area (Å²) in [5.74, 6) is -0.342. The predicted octanol–water partition coefficient (Wildman–Crippen LogP) is 3.47. The molecule has 0 aliphatic heterocycles. The predicted molar refractivity (Wildman–Crippen MR) is 100 cm³/mol. The van der Waals surface area contributed by atoms with E-state index in [1.807, 2.05) is 0 Å². The molecule has 2 N–H and O–H groups in total. The molecule has 1 aliphatic carbocycles. The lowest BCUT2D eigenvalue weighted by atomic mass is 10.2. The van der Waals surface area contributed by atoms with Crippen LogP contribution in [0.3, 0.4) is 0 Å². The standard InChI is InChI=1S/C19H19F3N2O4S/c1-12-9-16(29(26,27)24-14-5-6-14)7-8-17(12)28-11-18(25)23-15-4-2-3-13(10-15)19(20,21)22/h2-4,7-10,14,24H,5-6,11H2,1H3,(H,23,25). The normalized spacial score (nSPS) is 14.5. The monoisotopic (exact) mass is 428 g/mol. The van der Waals surface area contributed by atoms with Crippen LogP contribution in [-0.4, -0.2) is 27.0 Å². The van der Waals surface area contributed by atoms with Gasteiger partial charge in [0.15, 0.2) is 6.61 Å². The molecule has 2 aromatic carbocycles. The van der Waals surface area contributed by atoms with Gasteiger partial charge in [-0.2, -0.15) is 13.2 Å². The number of hydrogen-bond acceptors (Lipinski definition) is 4. The third-order valence-corrected chi connectivity index (χ3v) is 5.71. The van der Waals surface area contributed by atoms with Crippen molar-refractivity contribution in [3.63, 3.8) is 0 Å². The van der Waals surface area contributed by atoms with Gasteiger partial charge in [-0.25, -0.2) is 13.1 Å². The molecule has 0 spiro atoms. The van der Waals surface area contributed by atoms with Crippen molar-refractivity contribution in [1.29, 1.82) is 0 Å². The van der Waals surface area contributed by atoms with Crippen molar-refractivity contribution in [3.05, 3.63) is 53.6 Å². The highest BCUT2D eigenvalue weighted by Gasteiger charge is 2.30. The minimum atomic E-state index is -4.51. The van der Waals surface area contributed by atoms with Gasteiger partial charge in [-0.05, 0) is 61.7 Å². The highest BCUT2D eigenvalue weighted by Crippen LogP contribution is 2.30. The number of amides is 1. The molecule has 2 aromatic rings. The van der Waals surface area contributed by atoms with E-state index in [0.29, 0.717) is 11.3 Å². The summed E-state index contributed by atoms with van der Waals surface area (Å²) in [6, 6.07) is 8.50. The second-order valence-electron chi connectivity index (χ2n) is 6.74. The minimum absolute atomic E-state index is 0.00209. The molecule has 6 nitrogen and oxygen atoms in total. The van der Waals surface area contributed by atoms with Crippen LogP contribution in [0.4, 0.5) is 18.9 Å². The molecule has 10 heteroatoms. The van der Waals surface area contributed by atoms with Crippen molar-refractivity contribution in [1.82, 2.24) is 4.72 Å². The van der Waals surface area contributed by atoms with Gasteiger partial charge in [0.1, 0.15) is 5.75 Å². The summed E-state index contributed by atoms with van der Waals surface area (Å²) in [4.78, 5) is 12.1. The molecule has 1 saturated carbocycles. The number of aryl methyl sites for hydroxylation is 1. The summed E-state index contributed by atoms with van der Waals surface area (Å²) >= 11 is 0.